The molecular formula is C14H20N2O5. The summed E-state index contributed by atoms with van der Waals surface area (Å²) in [4.78, 5) is 35.0. The van der Waals surface area contributed by atoms with Gasteiger partial charge >= 0.3 is 5.97 Å². The first-order valence-electron chi connectivity index (χ1n) is 6.61. The van der Waals surface area contributed by atoms with Crippen LogP contribution in [-0.4, -0.2) is 37.5 Å². The minimum Gasteiger partial charge on any atom is -0.472 e. The van der Waals surface area contributed by atoms with Gasteiger partial charge in [0, 0.05) is 0 Å². The molecule has 0 aliphatic carbocycles. The molecule has 1 aromatic rings. The van der Waals surface area contributed by atoms with E-state index in [1.165, 1.54) is 25.7 Å². The quantitative estimate of drug-likeness (QED) is 0.722. The van der Waals surface area contributed by atoms with E-state index >= 15 is 0 Å². The Morgan fingerprint density at radius 2 is 2.05 bits per heavy atom. The molecule has 0 fully saturated rings. The standard InChI is InChI=1S/C14H20N2O5/c1-9(2)6-11(14(19)15-7-12(17)20-3)16-13(18)10-4-5-21-8-10/h4-5,8-9,11H,6-7H2,1-3H3,(H,15,19)(H,16,18)/t11-/m0/s1. The highest BCUT2D eigenvalue weighted by atomic mass is 16.5. The van der Waals surface area contributed by atoms with E-state index in [0.29, 0.717) is 12.0 Å². The van der Waals surface area contributed by atoms with Gasteiger partial charge in [-0.3, -0.25) is 14.4 Å². The summed E-state index contributed by atoms with van der Waals surface area (Å²) >= 11 is 0. The summed E-state index contributed by atoms with van der Waals surface area (Å²) < 4.78 is 9.28. The lowest BCUT2D eigenvalue weighted by atomic mass is 10.0. The van der Waals surface area contributed by atoms with Crippen molar-refractivity contribution in [2.45, 2.75) is 26.3 Å². The van der Waals surface area contributed by atoms with Crippen LogP contribution >= 0.6 is 0 Å². The number of amides is 2. The molecule has 1 aromatic heterocycles. The number of nitrogens with one attached hydrogen (secondary N) is 2. The van der Waals surface area contributed by atoms with Gasteiger partial charge in [-0.05, 0) is 18.4 Å². The molecule has 116 valence electrons. The van der Waals surface area contributed by atoms with Crippen LogP contribution in [0.15, 0.2) is 23.0 Å². The minimum atomic E-state index is -0.725. The Morgan fingerprint density at radius 1 is 1.33 bits per heavy atom. The Kier molecular flexibility index (Phi) is 6.45. The lowest BCUT2D eigenvalue weighted by Gasteiger charge is -2.19. The van der Waals surface area contributed by atoms with Crippen molar-refractivity contribution in [3.05, 3.63) is 24.2 Å². The summed E-state index contributed by atoms with van der Waals surface area (Å²) in [6.07, 6.45) is 3.13. The van der Waals surface area contributed by atoms with Gasteiger partial charge in [0.25, 0.3) is 5.91 Å². The summed E-state index contributed by atoms with van der Waals surface area (Å²) in [5.74, 6) is -1.18. The second kappa shape index (κ2) is 8.08. The van der Waals surface area contributed by atoms with Crippen molar-refractivity contribution in [1.29, 1.82) is 0 Å². The van der Waals surface area contributed by atoms with Crippen LogP contribution in [-0.2, 0) is 14.3 Å². The summed E-state index contributed by atoms with van der Waals surface area (Å²) in [6, 6.07) is 0.783. The Hall–Kier alpha value is -2.31. The summed E-state index contributed by atoms with van der Waals surface area (Å²) in [5.41, 5.74) is 0.338. The van der Waals surface area contributed by atoms with Crippen molar-refractivity contribution in [3.63, 3.8) is 0 Å². The molecule has 2 amide bonds. The molecule has 0 aliphatic heterocycles. The zero-order valence-corrected chi connectivity index (χ0v) is 12.3. The maximum Gasteiger partial charge on any atom is 0.325 e. The predicted molar refractivity (Wildman–Crippen MR) is 74.4 cm³/mol. The number of carbonyl (C=O) groups is 3. The molecule has 7 nitrogen and oxygen atoms in total. The van der Waals surface area contributed by atoms with Crippen molar-refractivity contribution >= 4 is 17.8 Å². The van der Waals surface area contributed by atoms with Gasteiger partial charge in [0.15, 0.2) is 0 Å². The van der Waals surface area contributed by atoms with Gasteiger partial charge < -0.3 is 19.8 Å². The van der Waals surface area contributed by atoms with Crippen molar-refractivity contribution in [2.75, 3.05) is 13.7 Å². The normalized spacial score (nSPS) is 11.8. The van der Waals surface area contributed by atoms with E-state index in [1.54, 1.807) is 0 Å². The molecule has 1 rings (SSSR count). The number of esters is 1. The highest BCUT2D eigenvalue weighted by Crippen LogP contribution is 2.07. The Bertz CT molecular complexity index is 482. The number of furan rings is 1. The molecule has 7 heteroatoms. The predicted octanol–water partition coefficient (Wildman–Crippen LogP) is 0.713. The average molecular weight is 296 g/mol. The van der Waals surface area contributed by atoms with Crippen LogP contribution in [0.1, 0.15) is 30.6 Å². The average Bonchev–Trinajstić information content (AvgIpc) is 2.97. The van der Waals surface area contributed by atoms with E-state index in [0.717, 1.165) is 0 Å². The van der Waals surface area contributed by atoms with Gasteiger partial charge in [0.2, 0.25) is 5.91 Å². The van der Waals surface area contributed by atoms with Crippen LogP contribution in [0.5, 0.6) is 0 Å². The second-order valence-electron chi connectivity index (χ2n) is 4.96. The van der Waals surface area contributed by atoms with E-state index in [9.17, 15) is 14.4 Å². The van der Waals surface area contributed by atoms with Crippen molar-refractivity contribution in [3.8, 4) is 0 Å². The van der Waals surface area contributed by atoms with Crippen LogP contribution in [0.4, 0.5) is 0 Å². The Labute approximate surface area is 123 Å². The molecule has 0 saturated carbocycles. The molecule has 0 aliphatic rings. The first-order valence-corrected chi connectivity index (χ1v) is 6.61. The molecular weight excluding hydrogens is 276 g/mol. The first kappa shape index (κ1) is 16.7. The van der Waals surface area contributed by atoms with Gasteiger partial charge in [-0.1, -0.05) is 13.8 Å². The minimum absolute atomic E-state index is 0.198. The number of ether oxygens (including phenoxy) is 1. The molecule has 0 saturated heterocycles. The zero-order valence-electron chi connectivity index (χ0n) is 12.3. The van der Waals surface area contributed by atoms with Crippen LogP contribution in [0, 0.1) is 5.92 Å². The highest BCUT2D eigenvalue weighted by molar-refractivity contribution is 5.97. The van der Waals surface area contributed by atoms with Gasteiger partial charge in [-0.2, -0.15) is 0 Å². The van der Waals surface area contributed by atoms with Crippen LogP contribution in [0.25, 0.3) is 0 Å². The van der Waals surface area contributed by atoms with Crippen molar-refractivity contribution in [1.82, 2.24) is 10.6 Å². The number of hydrogen-bond acceptors (Lipinski definition) is 5. The van der Waals surface area contributed by atoms with Gasteiger partial charge in [-0.25, -0.2) is 0 Å². The number of carbonyl (C=O) groups excluding carboxylic acids is 3. The van der Waals surface area contributed by atoms with E-state index in [4.69, 9.17) is 4.42 Å². The SMILES string of the molecule is COC(=O)CNC(=O)[C@H](CC(C)C)NC(=O)c1ccoc1. The third-order valence-electron chi connectivity index (χ3n) is 2.75. The Balaban J connectivity index is 2.64. The van der Waals surface area contributed by atoms with Crippen molar-refractivity contribution < 1.29 is 23.5 Å². The molecule has 2 N–H and O–H groups in total. The van der Waals surface area contributed by atoms with Gasteiger partial charge in [-0.15, -0.1) is 0 Å². The fourth-order valence-electron chi connectivity index (χ4n) is 1.69. The lowest BCUT2D eigenvalue weighted by Crippen LogP contribution is -2.48. The fraction of sp³-hybridized carbons (Fsp3) is 0.500. The molecule has 1 heterocycles. The second-order valence-corrected chi connectivity index (χ2v) is 4.96. The third-order valence-corrected chi connectivity index (χ3v) is 2.75. The van der Waals surface area contributed by atoms with Gasteiger partial charge in [0.05, 0.1) is 18.9 Å². The maximum absolute atomic E-state index is 12.0. The number of methoxy groups -OCH3 is 1. The van der Waals surface area contributed by atoms with E-state index in [-0.39, 0.29) is 12.5 Å². The lowest BCUT2D eigenvalue weighted by molar-refractivity contribution is -0.141. The Morgan fingerprint density at radius 3 is 2.57 bits per heavy atom. The summed E-state index contributed by atoms with van der Waals surface area (Å²) in [5, 5.41) is 5.07. The molecule has 0 spiro atoms. The van der Waals surface area contributed by atoms with Crippen LogP contribution < -0.4 is 10.6 Å². The molecule has 0 radical (unpaired) electrons. The topological polar surface area (TPSA) is 97.6 Å². The van der Waals surface area contributed by atoms with E-state index < -0.39 is 23.8 Å². The van der Waals surface area contributed by atoms with Crippen LogP contribution in [0.2, 0.25) is 0 Å². The monoisotopic (exact) mass is 296 g/mol. The van der Waals surface area contributed by atoms with Crippen molar-refractivity contribution in [2.24, 2.45) is 5.92 Å². The smallest absolute Gasteiger partial charge is 0.325 e. The molecule has 0 aromatic carbocycles. The van der Waals surface area contributed by atoms with E-state index in [2.05, 4.69) is 15.4 Å². The molecule has 0 unspecified atom stereocenters. The fourth-order valence-corrected chi connectivity index (χ4v) is 1.69. The first-order chi connectivity index (χ1) is 9.93. The summed E-state index contributed by atoms with van der Waals surface area (Å²) in [6.45, 7) is 3.64. The molecule has 21 heavy (non-hydrogen) atoms. The summed E-state index contributed by atoms with van der Waals surface area (Å²) in [7, 11) is 1.24. The number of hydrogen-bond donors (Lipinski definition) is 2. The molecule has 0 bridgehead atoms. The van der Waals surface area contributed by atoms with Crippen LogP contribution in [0.3, 0.4) is 0 Å². The number of rotatable bonds is 7. The molecule has 1 atom stereocenters. The van der Waals surface area contributed by atoms with E-state index in [1.807, 2.05) is 13.8 Å². The maximum atomic E-state index is 12.0. The zero-order chi connectivity index (χ0) is 15.8. The largest absolute Gasteiger partial charge is 0.472 e. The highest BCUT2D eigenvalue weighted by Gasteiger charge is 2.23. The third kappa shape index (κ3) is 5.68. The van der Waals surface area contributed by atoms with Gasteiger partial charge in [0.1, 0.15) is 18.8 Å².